The maximum atomic E-state index is 6.30. The van der Waals surface area contributed by atoms with E-state index >= 15 is 0 Å². The summed E-state index contributed by atoms with van der Waals surface area (Å²) in [7, 11) is 0. The number of allylic oxidation sites excluding steroid dienone is 2. The Bertz CT molecular complexity index is 414. The van der Waals surface area contributed by atoms with Crippen LogP contribution in [0.2, 0.25) is 0 Å². The molecule has 0 aliphatic heterocycles. The van der Waals surface area contributed by atoms with E-state index in [1.54, 1.807) is 11.1 Å². The third-order valence-corrected chi connectivity index (χ3v) is 4.74. The highest BCUT2D eigenvalue weighted by Gasteiger charge is 2.28. The van der Waals surface area contributed by atoms with Gasteiger partial charge >= 0.3 is 0 Å². The number of hydrogen-bond donors (Lipinski definition) is 0. The van der Waals surface area contributed by atoms with Gasteiger partial charge in [0, 0.05) is 5.92 Å². The van der Waals surface area contributed by atoms with Crippen molar-refractivity contribution in [2.24, 2.45) is 23.2 Å². The molecule has 0 aromatic heterocycles. The number of fused-ring (bicyclic) bond motifs is 1. The van der Waals surface area contributed by atoms with E-state index in [9.17, 15) is 0 Å². The van der Waals surface area contributed by atoms with E-state index in [-0.39, 0.29) is 0 Å². The van der Waals surface area contributed by atoms with Gasteiger partial charge in [-0.15, -0.1) is 0 Å². The van der Waals surface area contributed by atoms with Crippen molar-refractivity contribution in [3.8, 4) is 0 Å². The SMILES string of the molecule is C=S.CC(C)C(COC1C=C2CCC2=CC1C)CC(C)(C)C. The van der Waals surface area contributed by atoms with E-state index in [0.717, 1.165) is 6.61 Å². The molecule has 2 aliphatic rings. The molecule has 0 spiro atoms. The predicted molar refractivity (Wildman–Crippen MR) is 101 cm³/mol. The maximum absolute atomic E-state index is 6.30. The summed E-state index contributed by atoms with van der Waals surface area (Å²) in [6, 6.07) is 0. The fourth-order valence-corrected chi connectivity index (χ4v) is 3.26. The number of hydrogen-bond acceptors (Lipinski definition) is 2. The molecule has 3 atom stereocenters. The normalized spacial score (nSPS) is 25.2. The molecule has 22 heavy (non-hydrogen) atoms. The third kappa shape index (κ3) is 5.62. The molecule has 1 nitrogen and oxygen atoms in total. The molecule has 0 aromatic carbocycles. The fraction of sp³-hybridized carbons (Fsp3) is 0.750. The zero-order chi connectivity index (χ0) is 16.9. The summed E-state index contributed by atoms with van der Waals surface area (Å²) >= 11 is 3.83. The lowest BCUT2D eigenvalue weighted by molar-refractivity contribution is 0.0137. The van der Waals surface area contributed by atoms with Gasteiger partial charge in [0.05, 0.1) is 12.7 Å². The monoisotopic (exact) mass is 322 g/mol. The van der Waals surface area contributed by atoms with Crippen molar-refractivity contribution in [2.75, 3.05) is 6.61 Å². The van der Waals surface area contributed by atoms with E-state index in [0.29, 0.717) is 29.3 Å². The molecule has 2 heteroatoms. The Kier molecular flexibility index (Phi) is 7.48. The van der Waals surface area contributed by atoms with Crippen molar-refractivity contribution in [1.82, 2.24) is 0 Å². The van der Waals surface area contributed by atoms with E-state index in [2.05, 4.69) is 71.8 Å². The number of thiocarbonyl (C=S) groups is 1. The Hall–Kier alpha value is -0.470. The molecule has 0 heterocycles. The number of ether oxygens (including phenoxy) is 1. The predicted octanol–water partition coefficient (Wildman–Crippen LogP) is 5.99. The van der Waals surface area contributed by atoms with Gasteiger partial charge in [-0.3, -0.25) is 0 Å². The van der Waals surface area contributed by atoms with Gasteiger partial charge in [-0.2, -0.15) is 0 Å². The van der Waals surface area contributed by atoms with Crippen molar-refractivity contribution >= 4 is 18.1 Å². The Morgan fingerprint density at radius 2 is 1.73 bits per heavy atom. The summed E-state index contributed by atoms with van der Waals surface area (Å²) in [6.07, 6.45) is 8.89. The summed E-state index contributed by atoms with van der Waals surface area (Å²) in [5, 5.41) is 0. The van der Waals surface area contributed by atoms with E-state index in [1.807, 2.05) is 0 Å². The molecule has 0 amide bonds. The first-order valence-electron chi connectivity index (χ1n) is 8.58. The van der Waals surface area contributed by atoms with Crippen LogP contribution in [0, 0.1) is 23.2 Å². The lowest BCUT2D eigenvalue weighted by atomic mass is 9.77. The quantitative estimate of drug-likeness (QED) is 0.575. The minimum atomic E-state index is 0.301. The molecule has 0 aromatic rings. The van der Waals surface area contributed by atoms with Gasteiger partial charge in [-0.25, -0.2) is 0 Å². The van der Waals surface area contributed by atoms with E-state index in [4.69, 9.17) is 4.74 Å². The van der Waals surface area contributed by atoms with Gasteiger partial charge in [0.2, 0.25) is 0 Å². The minimum absolute atomic E-state index is 0.301. The van der Waals surface area contributed by atoms with Crippen LogP contribution in [-0.2, 0) is 4.74 Å². The highest BCUT2D eigenvalue weighted by atomic mass is 32.1. The highest BCUT2D eigenvalue weighted by Crippen LogP contribution is 2.39. The van der Waals surface area contributed by atoms with Crippen molar-refractivity contribution in [3.05, 3.63) is 23.3 Å². The van der Waals surface area contributed by atoms with Crippen LogP contribution in [-0.4, -0.2) is 18.6 Å². The van der Waals surface area contributed by atoms with Crippen molar-refractivity contribution < 1.29 is 4.74 Å². The molecule has 0 saturated heterocycles. The second-order valence-corrected chi connectivity index (χ2v) is 8.31. The summed E-state index contributed by atoms with van der Waals surface area (Å²) < 4.78 is 6.30. The summed E-state index contributed by atoms with van der Waals surface area (Å²) in [6.45, 7) is 14.8. The maximum Gasteiger partial charge on any atom is 0.0821 e. The van der Waals surface area contributed by atoms with Crippen LogP contribution in [0.5, 0.6) is 0 Å². The molecule has 3 unspecified atom stereocenters. The number of rotatable bonds is 5. The highest BCUT2D eigenvalue weighted by molar-refractivity contribution is 7.77. The summed E-state index contributed by atoms with van der Waals surface area (Å²) in [5.74, 6) is 4.72. The molecular weight excluding hydrogens is 288 g/mol. The van der Waals surface area contributed by atoms with Gasteiger partial charge in [0.1, 0.15) is 0 Å². The van der Waals surface area contributed by atoms with E-state index in [1.165, 1.54) is 19.3 Å². The third-order valence-electron chi connectivity index (χ3n) is 4.74. The molecule has 1 saturated carbocycles. The molecule has 126 valence electrons. The van der Waals surface area contributed by atoms with Crippen LogP contribution in [0.4, 0.5) is 0 Å². The van der Waals surface area contributed by atoms with Crippen LogP contribution in [0.1, 0.15) is 60.8 Å². The van der Waals surface area contributed by atoms with Gasteiger partial charge in [0.25, 0.3) is 0 Å². The second kappa shape index (κ2) is 8.40. The zero-order valence-electron chi connectivity index (χ0n) is 15.3. The van der Waals surface area contributed by atoms with Crippen LogP contribution >= 0.6 is 12.2 Å². The fourth-order valence-electron chi connectivity index (χ4n) is 3.26. The first kappa shape index (κ1) is 19.6. The van der Waals surface area contributed by atoms with Gasteiger partial charge in [0.15, 0.2) is 0 Å². The smallest absolute Gasteiger partial charge is 0.0821 e. The average molecular weight is 323 g/mol. The second-order valence-electron chi connectivity index (χ2n) is 8.31. The summed E-state index contributed by atoms with van der Waals surface area (Å²) in [4.78, 5) is 0. The van der Waals surface area contributed by atoms with Crippen LogP contribution in [0.3, 0.4) is 0 Å². The first-order chi connectivity index (χ1) is 10.3. The Balaban J connectivity index is 0.00000116. The molecule has 2 rings (SSSR count). The molecule has 1 fully saturated rings. The Morgan fingerprint density at radius 3 is 2.18 bits per heavy atom. The summed E-state index contributed by atoms with van der Waals surface area (Å²) in [5.41, 5.74) is 3.51. The molecular formula is C20H34OS. The van der Waals surface area contributed by atoms with E-state index < -0.39 is 0 Å². The van der Waals surface area contributed by atoms with Gasteiger partial charge < -0.3 is 4.74 Å². The molecule has 0 N–H and O–H groups in total. The molecule has 0 radical (unpaired) electrons. The standard InChI is InChI=1S/C19H32O.CH2S/c1-13(2)17(11-19(4,5)6)12-20-18-10-16-8-7-15(16)9-14(18)3;1-2/h9-10,13-14,17-18H,7-8,11-12H2,1-6H3;1H2. The minimum Gasteiger partial charge on any atom is -0.373 e. The zero-order valence-corrected chi connectivity index (χ0v) is 16.1. The topological polar surface area (TPSA) is 9.23 Å². The van der Waals surface area contributed by atoms with Crippen LogP contribution in [0.25, 0.3) is 0 Å². The van der Waals surface area contributed by atoms with Gasteiger partial charge in [-0.1, -0.05) is 65.9 Å². The average Bonchev–Trinajstić information content (AvgIpc) is 2.41. The largest absolute Gasteiger partial charge is 0.373 e. The molecule has 0 bridgehead atoms. The Morgan fingerprint density at radius 1 is 1.18 bits per heavy atom. The van der Waals surface area contributed by atoms with Crippen LogP contribution < -0.4 is 0 Å². The Labute approximate surface area is 143 Å². The lowest BCUT2D eigenvalue weighted by Crippen LogP contribution is -2.30. The van der Waals surface area contributed by atoms with Crippen molar-refractivity contribution in [1.29, 1.82) is 0 Å². The van der Waals surface area contributed by atoms with Crippen molar-refractivity contribution in [3.63, 3.8) is 0 Å². The van der Waals surface area contributed by atoms with Crippen LogP contribution in [0.15, 0.2) is 23.3 Å². The lowest BCUT2D eigenvalue weighted by Gasteiger charge is -2.35. The van der Waals surface area contributed by atoms with Crippen molar-refractivity contribution in [2.45, 2.75) is 66.9 Å². The first-order valence-corrected chi connectivity index (χ1v) is 9.16. The molecule has 2 aliphatic carbocycles. The van der Waals surface area contributed by atoms with Gasteiger partial charge in [-0.05, 0) is 53.5 Å².